The molecule has 0 fully saturated rings. The van der Waals surface area contributed by atoms with Crippen LogP contribution in [0.2, 0.25) is 0 Å². The molecule has 64 valence electrons. The van der Waals surface area contributed by atoms with E-state index in [-0.39, 0.29) is 5.12 Å². The van der Waals surface area contributed by atoms with Crippen molar-refractivity contribution < 1.29 is 4.79 Å². The van der Waals surface area contributed by atoms with Crippen LogP contribution in [0.3, 0.4) is 0 Å². The molecular formula is C9H9BrOS. The van der Waals surface area contributed by atoms with Crippen molar-refractivity contribution in [2.45, 2.75) is 6.92 Å². The monoisotopic (exact) mass is 244 g/mol. The van der Waals surface area contributed by atoms with Crippen molar-refractivity contribution >= 4 is 32.8 Å². The number of rotatable bonds is 2. The first kappa shape index (κ1) is 9.81. The van der Waals surface area contributed by atoms with Gasteiger partial charge in [-0.05, 0) is 17.9 Å². The first-order valence-electron chi connectivity index (χ1n) is 3.66. The molecular weight excluding hydrogens is 236 g/mol. The maximum atomic E-state index is 11.3. The highest BCUT2D eigenvalue weighted by Crippen LogP contribution is 2.16. The van der Waals surface area contributed by atoms with Crippen LogP contribution >= 0.6 is 27.7 Å². The molecule has 12 heavy (non-hydrogen) atoms. The van der Waals surface area contributed by atoms with Crippen molar-refractivity contribution in [2.75, 3.05) is 5.75 Å². The molecule has 0 saturated heterocycles. The van der Waals surface area contributed by atoms with Crippen molar-refractivity contribution in [1.82, 2.24) is 0 Å². The van der Waals surface area contributed by atoms with Gasteiger partial charge in [-0.3, -0.25) is 4.79 Å². The lowest BCUT2D eigenvalue weighted by Gasteiger charge is -1.97. The number of hydrogen-bond donors (Lipinski definition) is 0. The molecule has 1 aromatic rings. The molecule has 1 nitrogen and oxygen atoms in total. The van der Waals surface area contributed by atoms with Gasteiger partial charge in [0.05, 0.1) is 0 Å². The summed E-state index contributed by atoms with van der Waals surface area (Å²) in [4.78, 5) is 11.3. The Morgan fingerprint density at radius 2 is 2.33 bits per heavy atom. The summed E-state index contributed by atoms with van der Waals surface area (Å²) in [6.45, 7) is 1.97. The third kappa shape index (κ3) is 2.64. The number of benzene rings is 1. The first-order chi connectivity index (χ1) is 5.74. The Labute approximate surface area is 84.7 Å². The summed E-state index contributed by atoms with van der Waals surface area (Å²) >= 11 is 4.65. The van der Waals surface area contributed by atoms with Gasteiger partial charge in [0, 0.05) is 10.0 Å². The number of halogens is 1. The van der Waals surface area contributed by atoms with Gasteiger partial charge in [-0.25, -0.2) is 0 Å². The first-order valence-corrected chi connectivity index (χ1v) is 5.44. The fourth-order valence-electron chi connectivity index (χ4n) is 0.830. The molecule has 0 saturated carbocycles. The van der Waals surface area contributed by atoms with E-state index in [9.17, 15) is 4.79 Å². The van der Waals surface area contributed by atoms with E-state index in [4.69, 9.17) is 0 Å². The number of carbonyl (C=O) groups is 1. The normalized spacial score (nSPS) is 9.83. The number of carbonyl (C=O) groups excluding carboxylic acids is 1. The van der Waals surface area contributed by atoms with Gasteiger partial charge in [0.25, 0.3) is 0 Å². The van der Waals surface area contributed by atoms with E-state index in [0.717, 1.165) is 15.8 Å². The average Bonchev–Trinajstić information content (AvgIpc) is 2.05. The molecule has 1 aromatic carbocycles. The minimum atomic E-state index is 0.138. The molecule has 1 rings (SSSR count). The second-order valence-corrected chi connectivity index (χ2v) is 4.38. The predicted molar refractivity (Wildman–Crippen MR) is 56.6 cm³/mol. The third-order valence-electron chi connectivity index (χ3n) is 1.34. The van der Waals surface area contributed by atoms with E-state index >= 15 is 0 Å². The summed E-state index contributed by atoms with van der Waals surface area (Å²) in [5.41, 5.74) is 0.760. The van der Waals surface area contributed by atoms with Gasteiger partial charge in [-0.2, -0.15) is 0 Å². The van der Waals surface area contributed by atoms with Gasteiger partial charge in [-0.15, -0.1) is 0 Å². The van der Waals surface area contributed by atoms with Crippen molar-refractivity contribution in [1.29, 1.82) is 0 Å². The summed E-state index contributed by atoms with van der Waals surface area (Å²) < 4.78 is 0.949. The topological polar surface area (TPSA) is 17.1 Å². The fraction of sp³-hybridized carbons (Fsp3) is 0.222. The van der Waals surface area contributed by atoms with Gasteiger partial charge in [0.2, 0.25) is 5.12 Å². The zero-order valence-electron chi connectivity index (χ0n) is 6.71. The maximum absolute atomic E-state index is 11.3. The van der Waals surface area contributed by atoms with Crippen molar-refractivity contribution in [3.05, 3.63) is 34.3 Å². The molecule has 0 atom stereocenters. The Morgan fingerprint density at radius 1 is 1.58 bits per heavy atom. The molecule has 0 amide bonds. The minimum Gasteiger partial charge on any atom is -0.282 e. The highest BCUT2D eigenvalue weighted by Gasteiger charge is 2.04. The zero-order valence-corrected chi connectivity index (χ0v) is 9.11. The Hall–Kier alpha value is -0.280. The lowest BCUT2D eigenvalue weighted by atomic mass is 10.2. The lowest BCUT2D eigenvalue weighted by molar-refractivity contribution is 0.108. The Balaban J connectivity index is 2.81. The predicted octanol–water partition coefficient (Wildman–Crippen LogP) is 3.34. The Bertz CT molecular complexity index is 286. The molecule has 0 unspecified atom stereocenters. The molecule has 0 radical (unpaired) electrons. The molecule has 0 aliphatic rings. The van der Waals surface area contributed by atoms with Crippen LogP contribution in [0.4, 0.5) is 0 Å². The highest BCUT2D eigenvalue weighted by molar-refractivity contribution is 9.10. The average molecular weight is 245 g/mol. The molecule has 0 aliphatic heterocycles. The van der Waals surface area contributed by atoms with Gasteiger partial charge < -0.3 is 0 Å². The van der Waals surface area contributed by atoms with Gasteiger partial charge >= 0.3 is 0 Å². The van der Waals surface area contributed by atoms with Crippen molar-refractivity contribution in [3.8, 4) is 0 Å². The van der Waals surface area contributed by atoms with Crippen LogP contribution in [0.15, 0.2) is 28.7 Å². The molecule has 0 heterocycles. The quantitative estimate of drug-likeness (QED) is 0.794. The smallest absolute Gasteiger partial charge is 0.219 e. The Kier molecular flexibility index (Phi) is 3.82. The van der Waals surface area contributed by atoms with Crippen LogP contribution in [-0.2, 0) is 0 Å². The van der Waals surface area contributed by atoms with Crippen LogP contribution in [-0.4, -0.2) is 10.9 Å². The third-order valence-corrected chi connectivity index (χ3v) is 2.62. The van der Waals surface area contributed by atoms with Gasteiger partial charge in [-0.1, -0.05) is 46.7 Å². The largest absolute Gasteiger partial charge is 0.282 e. The standard InChI is InChI=1S/C9H9BrOS/c1-2-12-9(11)7-4-3-5-8(10)6-7/h3-6H,2H2,1H3. The summed E-state index contributed by atoms with van der Waals surface area (Å²) in [7, 11) is 0. The van der Waals surface area contributed by atoms with Crippen LogP contribution in [0.1, 0.15) is 17.3 Å². The van der Waals surface area contributed by atoms with E-state index in [1.807, 2.05) is 31.2 Å². The zero-order chi connectivity index (χ0) is 8.97. The van der Waals surface area contributed by atoms with E-state index < -0.39 is 0 Å². The van der Waals surface area contributed by atoms with Gasteiger partial charge in [0.15, 0.2) is 0 Å². The summed E-state index contributed by atoms with van der Waals surface area (Å²) in [6, 6.07) is 7.45. The van der Waals surface area contributed by atoms with E-state index in [1.165, 1.54) is 11.8 Å². The summed E-state index contributed by atoms with van der Waals surface area (Å²) in [5, 5.41) is 0.138. The van der Waals surface area contributed by atoms with Crippen LogP contribution in [0.5, 0.6) is 0 Å². The minimum absolute atomic E-state index is 0.138. The molecule has 0 bridgehead atoms. The van der Waals surface area contributed by atoms with Crippen LogP contribution in [0.25, 0.3) is 0 Å². The highest BCUT2D eigenvalue weighted by atomic mass is 79.9. The van der Waals surface area contributed by atoms with Crippen LogP contribution in [0, 0.1) is 0 Å². The maximum Gasteiger partial charge on any atom is 0.219 e. The lowest BCUT2D eigenvalue weighted by Crippen LogP contribution is -1.92. The van der Waals surface area contributed by atoms with E-state index in [0.29, 0.717) is 0 Å². The molecule has 0 aromatic heterocycles. The summed E-state index contributed by atoms with van der Waals surface area (Å²) in [6.07, 6.45) is 0. The van der Waals surface area contributed by atoms with Gasteiger partial charge in [0.1, 0.15) is 0 Å². The SMILES string of the molecule is CCSC(=O)c1cccc(Br)c1. The molecule has 0 N–H and O–H groups in total. The second-order valence-electron chi connectivity index (χ2n) is 2.23. The molecule has 0 aliphatic carbocycles. The van der Waals surface area contributed by atoms with E-state index in [1.54, 1.807) is 0 Å². The second kappa shape index (κ2) is 4.67. The molecule has 3 heteroatoms. The number of hydrogen-bond acceptors (Lipinski definition) is 2. The van der Waals surface area contributed by atoms with Crippen LogP contribution < -0.4 is 0 Å². The van der Waals surface area contributed by atoms with E-state index in [2.05, 4.69) is 15.9 Å². The fourth-order valence-corrected chi connectivity index (χ4v) is 1.78. The van der Waals surface area contributed by atoms with Crippen molar-refractivity contribution in [3.63, 3.8) is 0 Å². The molecule has 0 spiro atoms. The van der Waals surface area contributed by atoms with Crippen molar-refractivity contribution in [2.24, 2.45) is 0 Å². The number of thioether (sulfide) groups is 1. The Morgan fingerprint density at radius 3 is 2.92 bits per heavy atom. The summed E-state index contributed by atoms with van der Waals surface area (Å²) in [5.74, 6) is 0.825.